The molecule has 0 saturated heterocycles. The zero-order chi connectivity index (χ0) is 12.0. The minimum absolute atomic E-state index is 0.0575. The molecule has 0 saturated carbocycles. The smallest absolute Gasteiger partial charge is 0.251 e. The summed E-state index contributed by atoms with van der Waals surface area (Å²) in [5.74, 6) is 0.804. The predicted molar refractivity (Wildman–Crippen MR) is 70.8 cm³/mol. The Balaban J connectivity index is 2.48. The van der Waals surface area contributed by atoms with Crippen LogP contribution in [0.25, 0.3) is 10.9 Å². The first kappa shape index (κ1) is 10.8. The van der Waals surface area contributed by atoms with E-state index < -0.39 is 0 Å². The molecule has 0 amide bonds. The van der Waals surface area contributed by atoms with Gasteiger partial charge in [0, 0.05) is 16.5 Å². The summed E-state index contributed by atoms with van der Waals surface area (Å²) in [4.78, 5) is 14.8. The Kier molecular flexibility index (Phi) is 2.47. The van der Waals surface area contributed by atoms with Crippen LogP contribution in [0.5, 0.6) is 5.75 Å². The lowest BCUT2D eigenvalue weighted by Crippen LogP contribution is -2.12. The van der Waals surface area contributed by atoms with Crippen molar-refractivity contribution in [1.29, 1.82) is 0 Å². The van der Waals surface area contributed by atoms with E-state index in [1.54, 1.807) is 7.11 Å². The topological polar surface area (TPSA) is 42.1 Å². The highest BCUT2D eigenvalue weighted by Gasteiger charge is 2.20. The number of hydrogen-bond donors (Lipinski definition) is 1. The molecule has 1 aliphatic carbocycles. The number of aryl methyl sites for hydroxylation is 1. The first-order valence-corrected chi connectivity index (χ1v) is 6.42. The molecule has 0 bridgehead atoms. The second-order valence-electron chi connectivity index (χ2n) is 4.27. The molecular weight excluding hydrogens is 282 g/mol. The predicted octanol–water partition coefficient (Wildman–Crippen LogP) is 2.79. The van der Waals surface area contributed by atoms with Crippen molar-refractivity contribution in [3.8, 4) is 5.75 Å². The van der Waals surface area contributed by atoms with Crippen LogP contribution in [0.1, 0.15) is 17.5 Å². The van der Waals surface area contributed by atoms with E-state index in [0.29, 0.717) is 0 Å². The molecule has 1 N–H and O–H groups in total. The van der Waals surface area contributed by atoms with E-state index in [4.69, 9.17) is 4.74 Å². The van der Waals surface area contributed by atoms with Crippen LogP contribution in [-0.2, 0) is 12.8 Å². The normalized spacial score (nSPS) is 14.0. The van der Waals surface area contributed by atoms with E-state index >= 15 is 0 Å². The maximum Gasteiger partial charge on any atom is 0.251 e. The monoisotopic (exact) mass is 293 g/mol. The molecule has 3 nitrogen and oxygen atoms in total. The number of benzene rings is 1. The van der Waals surface area contributed by atoms with Gasteiger partial charge in [0.2, 0.25) is 0 Å². The molecule has 1 aromatic heterocycles. The lowest BCUT2D eigenvalue weighted by Gasteiger charge is -2.10. The van der Waals surface area contributed by atoms with E-state index in [9.17, 15) is 4.79 Å². The van der Waals surface area contributed by atoms with E-state index in [-0.39, 0.29) is 5.56 Å². The maximum absolute atomic E-state index is 11.9. The van der Waals surface area contributed by atoms with E-state index in [1.165, 1.54) is 5.56 Å². The van der Waals surface area contributed by atoms with Gasteiger partial charge in [-0.3, -0.25) is 4.79 Å². The lowest BCUT2D eigenvalue weighted by atomic mass is 10.1. The number of aromatic nitrogens is 1. The summed E-state index contributed by atoms with van der Waals surface area (Å²) in [5, 5.41) is 1.09. The number of rotatable bonds is 1. The number of hydrogen-bond acceptors (Lipinski definition) is 2. The van der Waals surface area contributed by atoms with Gasteiger partial charge in [-0.15, -0.1) is 0 Å². The number of aromatic amines is 1. The molecule has 1 aromatic carbocycles. The Morgan fingerprint density at radius 2 is 2.06 bits per heavy atom. The van der Waals surface area contributed by atoms with Gasteiger partial charge in [-0.05, 0) is 52.9 Å². The summed E-state index contributed by atoms with van der Waals surface area (Å²) < 4.78 is 6.24. The van der Waals surface area contributed by atoms with Crippen LogP contribution in [0.4, 0.5) is 0 Å². The standard InChI is InChI=1S/C13H12BrNO2/c1-17-10-6-5-9-11(12(10)14)7-3-2-4-8(7)13(16)15-9/h5-6H,2-4H2,1H3,(H,15,16). The third-order valence-electron chi connectivity index (χ3n) is 3.37. The highest BCUT2D eigenvalue weighted by Crippen LogP contribution is 2.37. The Morgan fingerprint density at radius 3 is 2.82 bits per heavy atom. The number of nitrogens with one attached hydrogen (secondary N) is 1. The number of fused-ring (bicyclic) bond motifs is 3. The number of H-pyrrole nitrogens is 1. The highest BCUT2D eigenvalue weighted by molar-refractivity contribution is 9.10. The Morgan fingerprint density at radius 1 is 1.29 bits per heavy atom. The fourth-order valence-corrected chi connectivity index (χ4v) is 3.33. The molecule has 0 radical (unpaired) electrons. The van der Waals surface area contributed by atoms with Gasteiger partial charge in [0.05, 0.1) is 11.6 Å². The van der Waals surface area contributed by atoms with E-state index in [2.05, 4.69) is 20.9 Å². The van der Waals surface area contributed by atoms with Gasteiger partial charge in [-0.1, -0.05) is 0 Å². The molecule has 2 aromatic rings. The van der Waals surface area contributed by atoms with Crippen molar-refractivity contribution in [3.63, 3.8) is 0 Å². The molecule has 3 rings (SSSR count). The molecule has 0 unspecified atom stereocenters. The number of methoxy groups -OCH3 is 1. The summed E-state index contributed by atoms with van der Waals surface area (Å²) in [5.41, 5.74) is 3.05. The van der Waals surface area contributed by atoms with Crippen LogP contribution in [0, 0.1) is 0 Å². The third kappa shape index (κ3) is 1.51. The molecule has 0 spiro atoms. The lowest BCUT2D eigenvalue weighted by molar-refractivity contribution is 0.413. The summed E-state index contributed by atoms with van der Waals surface area (Å²) >= 11 is 3.57. The molecule has 1 aliphatic rings. The second kappa shape index (κ2) is 3.88. The average molecular weight is 294 g/mol. The first-order chi connectivity index (χ1) is 8.22. The van der Waals surface area contributed by atoms with Crippen molar-refractivity contribution in [2.24, 2.45) is 0 Å². The molecular formula is C13H12BrNO2. The van der Waals surface area contributed by atoms with Gasteiger partial charge in [-0.25, -0.2) is 0 Å². The minimum atomic E-state index is 0.0575. The Hall–Kier alpha value is -1.29. The average Bonchev–Trinajstić information content (AvgIpc) is 2.79. The number of pyridine rings is 1. The van der Waals surface area contributed by atoms with Gasteiger partial charge in [0.1, 0.15) is 5.75 Å². The van der Waals surface area contributed by atoms with Crippen LogP contribution >= 0.6 is 15.9 Å². The second-order valence-corrected chi connectivity index (χ2v) is 5.06. The fourth-order valence-electron chi connectivity index (χ4n) is 2.58. The van der Waals surface area contributed by atoms with Crippen LogP contribution in [0.2, 0.25) is 0 Å². The first-order valence-electron chi connectivity index (χ1n) is 5.62. The van der Waals surface area contributed by atoms with Crippen LogP contribution < -0.4 is 10.3 Å². The number of halogens is 1. The largest absolute Gasteiger partial charge is 0.496 e. The zero-order valence-electron chi connectivity index (χ0n) is 9.47. The molecule has 88 valence electrons. The van der Waals surface area contributed by atoms with E-state index in [0.717, 1.165) is 46.0 Å². The third-order valence-corrected chi connectivity index (χ3v) is 4.16. The van der Waals surface area contributed by atoms with Gasteiger partial charge in [0.25, 0.3) is 5.56 Å². The quantitative estimate of drug-likeness (QED) is 0.878. The summed E-state index contributed by atoms with van der Waals surface area (Å²) in [6.07, 6.45) is 2.91. The van der Waals surface area contributed by atoms with Crippen molar-refractivity contribution >= 4 is 26.8 Å². The van der Waals surface area contributed by atoms with Crippen molar-refractivity contribution in [2.45, 2.75) is 19.3 Å². The summed E-state index contributed by atoms with van der Waals surface area (Å²) in [6, 6.07) is 3.77. The molecule has 0 fully saturated rings. The SMILES string of the molecule is COc1ccc2[nH]c(=O)c3c(c2c1Br)CCC3. The van der Waals surface area contributed by atoms with Crippen molar-refractivity contribution in [2.75, 3.05) is 7.11 Å². The molecule has 4 heteroatoms. The van der Waals surface area contributed by atoms with Crippen LogP contribution in [-0.4, -0.2) is 12.1 Å². The van der Waals surface area contributed by atoms with Gasteiger partial charge in [0.15, 0.2) is 0 Å². The molecule has 1 heterocycles. The van der Waals surface area contributed by atoms with Gasteiger partial charge >= 0.3 is 0 Å². The summed E-state index contributed by atoms with van der Waals surface area (Å²) in [6.45, 7) is 0. The zero-order valence-corrected chi connectivity index (χ0v) is 11.1. The fraction of sp³-hybridized carbons (Fsp3) is 0.308. The van der Waals surface area contributed by atoms with Crippen molar-refractivity contribution in [3.05, 3.63) is 38.1 Å². The van der Waals surface area contributed by atoms with Crippen molar-refractivity contribution in [1.82, 2.24) is 4.98 Å². The van der Waals surface area contributed by atoms with E-state index in [1.807, 2.05) is 12.1 Å². The Labute approximate surface area is 107 Å². The molecule has 17 heavy (non-hydrogen) atoms. The van der Waals surface area contributed by atoms with Crippen LogP contribution in [0.15, 0.2) is 21.4 Å². The highest BCUT2D eigenvalue weighted by atomic mass is 79.9. The number of ether oxygens (including phenoxy) is 1. The molecule has 0 aliphatic heterocycles. The van der Waals surface area contributed by atoms with Gasteiger partial charge in [-0.2, -0.15) is 0 Å². The van der Waals surface area contributed by atoms with Crippen LogP contribution in [0.3, 0.4) is 0 Å². The maximum atomic E-state index is 11.9. The minimum Gasteiger partial charge on any atom is -0.496 e. The summed E-state index contributed by atoms with van der Waals surface area (Å²) in [7, 11) is 1.65. The molecule has 0 atom stereocenters. The Bertz CT molecular complexity index is 660. The van der Waals surface area contributed by atoms with Crippen molar-refractivity contribution < 1.29 is 4.74 Å². The van der Waals surface area contributed by atoms with Gasteiger partial charge < -0.3 is 9.72 Å².